The van der Waals surface area contributed by atoms with Crippen LogP contribution in [0.1, 0.15) is 89.7 Å². The van der Waals surface area contributed by atoms with E-state index in [1.807, 2.05) is 6.07 Å². The van der Waals surface area contributed by atoms with Crippen LogP contribution >= 0.6 is 15.9 Å². The van der Waals surface area contributed by atoms with E-state index in [0.29, 0.717) is 11.7 Å². The number of halogens is 1. The number of rotatable bonds is 8. The summed E-state index contributed by atoms with van der Waals surface area (Å²) in [6, 6.07) is 4.13. The van der Waals surface area contributed by atoms with Crippen LogP contribution in [-0.2, 0) is 5.41 Å². The molecule has 0 spiro atoms. The van der Waals surface area contributed by atoms with Gasteiger partial charge >= 0.3 is 0 Å². The standard InChI is InChI=1S/C25H37BrO3/c1-24(2,11-7-5-6-8-12-26)18-14-21(28)23-19-13-17(16-27)9-10-20(19)25(3,4)29-22(23)15-18/h9,14-15,19-20,27-28H,5-8,10-13,16H2,1-4H3/t19-,20?/m0/s1. The van der Waals surface area contributed by atoms with Crippen LogP contribution in [-0.4, -0.2) is 27.8 Å². The second-order valence-corrected chi connectivity index (χ2v) is 10.8. The summed E-state index contributed by atoms with van der Waals surface area (Å²) < 4.78 is 6.47. The molecule has 1 aliphatic heterocycles. The van der Waals surface area contributed by atoms with Gasteiger partial charge in [0.05, 0.1) is 6.61 Å². The number of aliphatic hydroxyl groups is 1. The van der Waals surface area contributed by atoms with Crippen molar-refractivity contribution < 1.29 is 14.9 Å². The van der Waals surface area contributed by atoms with Crippen molar-refractivity contribution in [2.75, 3.05) is 11.9 Å². The average Bonchev–Trinajstić information content (AvgIpc) is 2.66. The van der Waals surface area contributed by atoms with Gasteiger partial charge in [0, 0.05) is 22.7 Å². The fourth-order valence-electron chi connectivity index (χ4n) is 5.14. The SMILES string of the molecule is CC(C)(CCCCCCBr)c1cc(O)c2c(c1)OC(C)(C)C1CC=C(CO)C[C@H]21. The molecule has 2 atom stereocenters. The third kappa shape index (κ3) is 4.85. The second-order valence-electron chi connectivity index (χ2n) is 10.0. The van der Waals surface area contributed by atoms with Gasteiger partial charge in [0.25, 0.3) is 0 Å². The normalized spacial score (nSPS) is 23.0. The fraction of sp³-hybridized carbons (Fsp3) is 0.680. The Morgan fingerprint density at radius 2 is 1.90 bits per heavy atom. The molecule has 0 fully saturated rings. The lowest BCUT2D eigenvalue weighted by atomic mass is 9.66. The molecule has 2 N–H and O–H groups in total. The first-order valence-electron chi connectivity index (χ1n) is 11.1. The maximum absolute atomic E-state index is 11.0. The lowest BCUT2D eigenvalue weighted by Crippen LogP contribution is -2.45. The molecule has 1 unspecified atom stereocenters. The van der Waals surface area contributed by atoms with Crippen molar-refractivity contribution in [1.29, 1.82) is 0 Å². The molecular formula is C25H37BrO3. The molecule has 1 heterocycles. The number of hydrogen-bond donors (Lipinski definition) is 2. The maximum atomic E-state index is 11.0. The molecule has 0 aromatic heterocycles. The highest BCUT2D eigenvalue weighted by molar-refractivity contribution is 9.09. The molecule has 0 bridgehead atoms. The van der Waals surface area contributed by atoms with E-state index in [2.05, 4.69) is 55.8 Å². The Labute approximate surface area is 184 Å². The van der Waals surface area contributed by atoms with Crippen LogP contribution < -0.4 is 4.74 Å². The van der Waals surface area contributed by atoms with Crippen LogP contribution in [0.15, 0.2) is 23.8 Å². The van der Waals surface area contributed by atoms with Gasteiger partial charge in [-0.1, -0.05) is 55.1 Å². The average molecular weight is 465 g/mol. The first-order valence-corrected chi connectivity index (χ1v) is 12.2. The number of fused-ring (bicyclic) bond motifs is 3. The van der Waals surface area contributed by atoms with Crippen molar-refractivity contribution in [2.45, 2.75) is 89.6 Å². The van der Waals surface area contributed by atoms with E-state index in [1.54, 1.807) is 0 Å². The first-order chi connectivity index (χ1) is 13.7. The number of aliphatic hydroxyl groups excluding tert-OH is 1. The third-order valence-electron chi connectivity index (χ3n) is 7.06. The van der Waals surface area contributed by atoms with E-state index in [1.165, 1.54) is 25.7 Å². The van der Waals surface area contributed by atoms with Gasteiger partial charge < -0.3 is 14.9 Å². The molecule has 2 aliphatic rings. The minimum Gasteiger partial charge on any atom is -0.508 e. The Morgan fingerprint density at radius 1 is 1.17 bits per heavy atom. The van der Waals surface area contributed by atoms with Crippen molar-refractivity contribution in [3.8, 4) is 11.5 Å². The Kier molecular flexibility index (Phi) is 7.05. The van der Waals surface area contributed by atoms with Gasteiger partial charge in [-0.25, -0.2) is 0 Å². The zero-order valence-electron chi connectivity index (χ0n) is 18.4. The maximum Gasteiger partial charge on any atom is 0.127 e. The molecule has 3 rings (SSSR count). The number of phenolic OH excluding ortho intramolecular Hbond substituents is 1. The zero-order valence-corrected chi connectivity index (χ0v) is 20.0. The number of aromatic hydroxyl groups is 1. The minimum atomic E-state index is -0.292. The Balaban J connectivity index is 1.87. The fourth-order valence-corrected chi connectivity index (χ4v) is 5.54. The highest BCUT2D eigenvalue weighted by Crippen LogP contribution is 2.54. The topological polar surface area (TPSA) is 49.7 Å². The third-order valence-corrected chi connectivity index (χ3v) is 7.62. The Bertz CT molecular complexity index is 751. The molecule has 0 radical (unpaired) electrons. The van der Waals surface area contributed by atoms with E-state index < -0.39 is 0 Å². The van der Waals surface area contributed by atoms with Crippen molar-refractivity contribution in [3.05, 3.63) is 34.9 Å². The number of alkyl halides is 1. The number of unbranched alkanes of at least 4 members (excludes halogenated alkanes) is 3. The van der Waals surface area contributed by atoms with E-state index in [9.17, 15) is 10.2 Å². The zero-order chi connectivity index (χ0) is 21.2. The molecule has 3 nitrogen and oxygen atoms in total. The van der Waals surface area contributed by atoms with E-state index >= 15 is 0 Å². The minimum absolute atomic E-state index is 0.00596. The van der Waals surface area contributed by atoms with Gasteiger partial charge in [-0.05, 0) is 68.2 Å². The quantitative estimate of drug-likeness (QED) is 0.258. The van der Waals surface area contributed by atoms with Crippen molar-refractivity contribution in [1.82, 2.24) is 0 Å². The van der Waals surface area contributed by atoms with Crippen LogP contribution in [0, 0.1) is 5.92 Å². The van der Waals surface area contributed by atoms with Gasteiger partial charge in [0.15, 0.2) is 0 Å². The van der Waals surface area contributed by atoms with Gasteiger partial charge in [-0.15, -0.1) is 0 Å². The van der Waals surface area contributed by atoms with Crippen LogP contribution in [0.5, 0.6) is 11.5 Å². The summed E-state index contributed by atoms with van der Waals surface area (Å²) >= 11 is 3.50. The number of ether oxygens (including phenoxy) is 1. The van der Waals surface area contributed by atoms with Crippen LogP contribution in [0.4, 0.5) is 0 Å². The number of allylic oxidation sites excluding steroid dienone is 1. The summed E-state index contributed by atoms with van der Waals surface area (Å²) in [5.74, 6) is 1.69. The van der Waals surface area contributed by atoms with Crippen LogP contribution in [0.2, 0.25) is 0 Å². The van der Waals surface area contributed by atoms with Crippen LogP contribution in [0.3, 0.4) is 0 Å². The van der Waals surface area contributed by atoms with Gasteiger partial charge in [-0.2, -0.15) is 0 Å². The summed E-state index contributed by atoms with van der Waals surface area (Å²) in [4.78, 5) is 0. The van der Waals surface area contributed by atoms with Gasteiger partial charge in [0.2, 0.25) is 0 Å². The van der Waals surface area contributed by atoms with Crippen molar-refractivity contribution >= 4 is 15.9 Å². The molecular weight excluding hydrogens is 428 g/mol. The highest BCUT2D eigenvalue weighted by Gasteiger charge is 2.46. The summed E-state index contributed by atoms with van der Waals surface area (Å²) in [6.07, 6.45) is 9.86. The van der Waals surface area contributed by atoms with Crippen molar-refractivity contribution in [3.63, 3.8) is 0 Å². The lowest BCUT2D eigenvalue weighted by Gasteiger charge is -2.47. The molecule has 0 amide bonds. The highest BCUT2D eigenvalue weighted by atomic mass is 79.9. The van der Waals surface area contributed by atoms with E-state index in [-0.39, 0.29) is 23.5 Å². The summed E-state index contributed by atoms with van der Waals surface area (Å²) in [5.41, 5.74) is 2.86. The number of hydrogen-bond acceptors (Lipinski definition) is 3. The smallest absolute Gasteiger partial charge is 0.127 e. The van der Waals surface area contributed by atoms with E-state index in [4.69, 9.17) is 4.74 Å². The molecule has 0 saturated heterocycles. The largest absolute Gasteiger partial charge is 0.508 e. The van der Waals surface area contributed by atoms with Gasteiger partial charge in [-0.3, -0.25) is 0 Å². The second kappa shape index (κ2) is 9.01. The molecule has 1 aliphatic carbocycles. The van der Waals surface area contributed by atoms with Crippen LogP contribution in [0.25, 0.3) is 0 Å². The summed E-state index contributed by atoms with van der Waals surface area (Å²) in [6.45, 7) is 8.94. The lowest BCUT2D eigenvalue weighted by molar-refractivity contribution is 0.00662. The van der Waals surface area contributed by atoms with Gasteiger partial charge in [0.1, 0.15) is 17.1 Å². The monoisotopic (exact) mass is 464 g/mol. The van der Waals surface area contributed by atoms with E-state index in [0.717, 1.165) is 47.0 Å². The molecule has 29 heavy (non-hydrogen) atoms. The summed E-state index contributed by atoms with van der Waals surface area (Å²) in [5, 5.41) is 21.8. The molecule has 1 aromatic carbocycles. The summed E-state index contributed by atoms with van der Waals surface area (Å²) in [7, 11) is 0. The molecule has 162 valence electrons. The molecule has 1 aromatic rings. The predicted molar refractivity (Wildman–Crippen MR) is 123 cm³/mol. The molecule has 4 heteroatoms. The Morgan fingerprint density at radius 3 is 2.59 bits per heavy atom. The van der Waals surface area contributed by atoms with Crippen molar-refractivity contribution in [2.24, 2.45) is 5.92 Å². The number of phenols is 1. The molecule has 0 saturated carbocycles. The first kappa shape index (κ1) is 22.7. The predicted octanol–water partition coefficient (Wildman–Crippen LogP) is 6.60. The Hall–Kier alpha value is -1.00. The number of benzene rings is 1.